The molecule has 21 heavy (non-hydrogen) atoms. The summed E-state index contributed by atoms with van der Waals surface area (Å²) in [6, 6.07) is 11.1. The minimum Gasteiger partial charge on any atom is -0.370 e. The SMILES string of the molecule is CC(C)CN=C(N)NC1CCCN(Cc2ccccc2)C1. The summed E-state index contributed by atoms with van der Waals surface area (Å²) >= 11 is 0. The molecule has 1 saturated heterocycles. The van der Waals surface area contributed by atoms with Crippen molar-refractivity contribution < 1.29 is 0 Å². The predicted octanol–water partition coefficient (Wildman–Crippen LogP) is 2.21. The first-order valence-corrected chi connectivity index (χ1v) is 7.96. The Morgan fingerprint density at radius 3 is 2.86 bits per heavy atom. The highest BCUT2D eigenvalue weighted by Gasteiger charge is 2.20. The van der Waals surface area contributed by atoms with Crippen molar-refractivity contribution in [2.24, 2.45) is 16.6 Å². The van der Waals surface area contributed by atoms with E-state index in [-0.39, 0.29) is 0 Å². The lowest BCUT2D eigenvalue weighted by molar-refractivity contribution is 0.193. The molecule has 0 bridgehead atoms. The molecule has 0 spiro atoms. The van der Waals surface area contributed by atoms with Crippen LogP contribution in [0.4, 0.5) is 0 Å². The van der Waals surface area contributed by atoms with E-state index < -0.39 is 0 Å². The van der Waals surface area contributed by atoms with E-state index in [1.165, 1.54) is 18.4 Å². The third kappa shape index (κ3) is 5.76. The van der Waals surface area contributed by atoms with Gasteiger partial charge in [-0.1, -0.05) is 44.2 Å². The highest BCUT2D eigenvalue weighted by Crippen LogP contribution is 2.13. The summed E-state index contributed by atoms with van der Waals surface area (Å²) in [5, 5.41) is 3.38. The number of nitrogens with two attached hydrogens (primary N) is 1. The topological polar surface area (TPSA) is 53.6 Å². The summed E-state index contributed by atoms with van der Waals surface area (Å²) in [6.45, 7) is 8.31. The van der Waals surface area contributed by atoms with E-state index in [0.29, 0.717) is 17.9 Å². The Labute approximate surface area is 128 Å². The number of guanidine groups is 1. The van der Waals surface area contributed by atoms with Crippen molar-refractivity contribution in [1.82, 2.24) is 10.2 Å². The Morgan fingerprint density at radius 2 is 2.14 bits per heavy atom. The van der Waals surface area contributed by atoms with Crippen LogP contribution in [0.25, 0.3) is 0 Å². The molecule has 0 aromatic heterocycles. The lowest BCUT2D eigenvalue weighted by Gasteiger charge is -2.33. The van der Waals surface area contributed by atoms with Crippen LogP contribution in [0.15, 0.2) is 35.3 Å². The fourth-order valence-electron chi connectivity index (χ4n) is 2.69. The molecule has 3 N–H and O–H groups in total. The second kappa shape index (κ2) is 8.03. The number of likely N-dealkylation sites (tertiary alicyclic amines) is 1. The Kier molecular flexibility index (Phi) is 6.05. The van der Waals surface area contributed by atoms with Crippen molar-refractivity contribution in [1.29, 1.82) is 0 Å². The molecule has 1 unspecified atom stereocenters. The van der Waals surface area contributed by atoms with E-state index in [4.69, 9.17) is 5.73 Å². The van der Waals surface area contributed by atoms with Crippen molar-refractivity contribution >= 4 is 5.96 Å². The molecule has 4 nitrogen and oxygen atoms in total. The van der Waals surface area contributed by atoms with E-state index in [0.717, 1.165) is 26.2 Å². The minimum atomic E-state index is 0.415. The van der Waals surface area contributed by atoms with Gasteiger partial charge < -0.3 is 11.1 Å². The summed E-state index contributed by atoms with van der Waals surface area (Å²) in [4.78, 5) is 6.88. The number of benzene rings is 1. The van der Waals surface area contributed by atoms with Crippen LogP contribution in [-0.4, -0.2) is 36.5 Å². The van der Waals surface area contributed by atoms with Gasteiger partial charge in [0.1, 0.15) is 0 Å². The van der Waals surface area contributed by atoms with Crippen molar-refractivity contribution in [3.63, 3.8) is 0 Å². The Bertz CT molecular complexity index is 441. The molecule has 0 amide bonds. The van der Waals surface area contributed by atoms with Gasteiger partial charge in [0, 0.05) is 25.7 Å². The molecule has 1 aliphatic rings. The first-order chi connectivity index (χ1) is 10.1. The van der Waals surface area contributed by atoms with Crippen LogP contribution in [-0.2, 0) is 6.54 Å². The number of hydrogen-bond acceptors (Lipinski definition) is 2. The van der Waals surface area contributed by atoms with E-state index in [1.807, 2.05) is 0 Å². The molecular formula is C17H28N4. The van der Waals surface area contributed by atoms with Gasteiger partial charge in [-0.05, 0) is 30.9 Å². The number of aliphatic imine (C=N–C) groups is 1. The van der Waals surface area contributed by atoms with Crippen LogP contribution in [0.3, 0.4) is 0 Å². The fourth-order valence-corrected chi connectivity index (χ4v) is 2.69. The number of nitrogens with zero attached hydrogens (tertiary/aromatic N) is 2. The third-order valence-corrected chi connectivity index (χ3v) is 3.73. The van der Waals surface area contributed by atoms with E-state index in [2.05, 4.69) is 59.4 Å². The van der Waals surface area contributed by atoms with Crippen LogP contribution in [0.1, 0.15) is 32.3 Å². The monoisotopic (exact) mass is 288 g/mol. The maximum absolute atomic E-state index is 5.97. The number of piperidine rings is 1. The van der Waals surface area contributed by atoms with Crippen molar-refractivity contribution in [2.75, 3.05) is 19.6 Å². The van der Waals surface area contributed by atoms with Crippen LogP contribution < -0.4 is 11.1 Å². The van der Waals surface area contributed by atoms with Crippen LogP contribution >= 0.6 is 0 Å². The molecule has 116 valence electrons. The van der Waals surface area contributed by atoms with E-state index in [1.54, 1.807) is 0 Å². The zero-order chi connectivity index (χ0) is 15.1. The highest BCUT2D eigenvalue weighted by atomic mass is 15.2. The standard InChI is InChI=1S/C17H28N4/c1-14(2)11-19-17(18)20-16-9-6-10-21(13-16)12-15-7-4-3-5-8-15/h3-5,7-8,14,16H,6,9-13H2,1-2H3,(H3,18,19,20). The lowest BCUT2D eigenvalue weighted by atomic mass is 10.0. The van der Waals surface area contributed by atoms with Crippen LogP contribution in [0, 0.1) is 5.92 Å². The van der Waals surface area contributed by atoms with Gasteiger partial charge in [0.2, 0.25) is 0 Å². The largest absolute Gasteiger partial charge is 0.370 e. The first-order valence-electron chi connectivity index (χ1n) is 7.96. The molecule has 0 saturated carbocycles. The van der Waals surface area contributed by atoms with Gasteiger partial charge in [-0.3, -0.25) is 9.89 Å². The number of hydrogen-bond donors (Lipinski definition) is 2. The summed E-state index contributed by atoms with van der Waals surface area (Å²) < 4.78 is 0. The first kappa shape index (κ1) is 15.8. The molecule has 1 aromatic rings. The average molecular weight is 288 g/mol. The number of rotatable bonds is 5. The van der Waals surface area contributed by atoms with Crippen LogP contribution in [0.2, 0.25) is 0 Å². The highest BCUT2D eigenvalue weighted by molar-refractivity contribution is 5.78. The zero-order valence-corrected chi connectivity index (χ0v) is 13.3. The second-order valence-electron chi connectivity index (χ2n) is 6.32. The van der Waals surface area contributed by atoms with Gasteiger partial charge in [-0.25, -0.2) is 0 Å². The smallest absolute Gasteiger partial charge is 0.188 e. The molecule has 2 rings (SSSR count). The Balaban J connectivity index is 1.82. The molecule has 1 atom stereocenters. The van der Waals surface area contributed by atoms with E-state index >= 15 is 0 Å². The average Bonchev–Trinajstić information content (AvgIpc) is 2.46. The summed E-state index contributed by atoms with van der Waals surface area (Å²) in [6.07, 6.45) is 2.38. The minimum absolute atomic E-state index is 0.415. The van der Waals surface area contributed by atoms with Gasteiger partial charge in [0.25, 0.3) is 0 Å². The summed E-state index contributed by atoms with van der Waals surface area (Å²) in [5.74, 6) is 1.14. The maximum atomic E-state index is 5.97. The molecule has 4 heteroatoms. The fraction of sp³-hybridized carbons (Fsp3) is 0.588. The normalized spacial score (nSPS) is 20.7. The molecule has 1 aromatic carbocycles. The molecule has 1 fully saturated rings. The van der Waals surface area contributed by atoms with Gasteiger partial charge >= 0.3 is 0 Å². The third-order valence-electron chi connectivity index (χ3n) is 3.73. The van der Waals surface area contributed by atoms with Gasteiger partial charge in [0.05, 0.1) is 0 Å². The van der Waals surface area contributed by atoms with Gasteiger partial charge in [-0.2, -0.15) is 0 Å². The Morgan fingerprint density at radius 1 is 1.38 bits per heavy atom. The van der Waals surface area contributed by atoms with Crippen molar-refractivity contribution in [3.8, 4) is 0 Å². The quantitative estimate of drug-likeness (QED) is 0.645. The molecule has 1 aliphatic heterocycles. The number of nitrogens with one attached hydrogen (secondary N) is 1. The van der Waals surface area contributed by atoms with Crippen molar-refractivity contribution in [3.05, 3.63) is 35.9 Å². The molecule has 0 radical (unpaired) electrons. The van der Waals surface area contributed by atoms with Crippen molar-refractivity contribution in [2.45, 2.75) is 39.3 Å². The maximum Gasteiger partial charge on any atom is 0.188 e. The van der Waals surface area contributed by atoms with Crippen LogP contribution in [0.5, 0.6) is 0 Å². The molecular weight excluding hydrogens is 260 g/mol. The second-order valence-corrected chi connectivity index (χ2v) is 6.32. The predicted molar refractivity (Wildman–Crippen MR) is 89.2 cm³/mol. The van der Waals surface area contributed by atoms with Gasteiger partial charge in [0.15, 0.2) is 5.96 Å². The summed E-state index contributed by atoms with van der Waals surface area (Å²) in [5.41, 5.74) is 7.35. The lowest BCUT2D eigenvalue weighted by Crippen LogP contribution is -2.49. The summed E-state index contributed by atoms with van der Waals surface area (Å²) in [7, 11) is 0. The van der Waals surface area contributed by atoms with E-state index in [9.17, 15) is 0 Å². The van der Waals surface area contributed by atoms with Gasteiger partial charge in [-0.15, -0.1) is 0 Å². The zero-order valence-electron chi connectivity index (χ0n) is 13.3. The molecule has 1 heterocycles. The molecule has 0 aliphatic carbocycles. The Hall–Kier alpha value is -1.55.